The number of H-pyrrole nitrogens is 1. The maximum atomic E-state index is 11.7. The van der Waals surface area contributed by atoms with E-state index in [0.717, 1.165) is 12.8 Å². The van der Waals surface area contributed by atoms with Crippen LogP contribution < -0.4 is 11.1 Å². The van der Waals surface area contributed by atoms with Crippen LogP contribution in [0.2, 0.25) is 0 Å². The van der Waals surface area contributed by atoms with Gasteiger partial charge in [0.25, 0.3) is 0 Å². The molecule has 0 saturated heterocycles. The fourth-order valence-corrected chi connectivity index (χ4v) is 2.04. The summed E-state index contributed by atoms with van der Waals surface area (Å²) in [5.41, 5.74) is 5.80. The van der Waals surface area contributed by atoms with E-state index in [1.54, 1.807) is 0 Å². The van der Waals surface area contributed by atoms with Crippen LogP contribution in [-0.4, -0.2) is 33.1 Å². The maximum absolute atomic E-state index is 11.7. The number of carbonyl (C=O) groups excluding carboxylic acids is 1. The maximum Gasteiger partial charge on any atom is 0.220 e. The van der Waals surface area contributed by atoms with Gasteiger partial charge in [0.1, 0.15) is 0 Å². The van der Waals surface area contributed by atoms with Gasteiger partial charge in [-0.05, 0) is 30.7 Å². The minimum Gasteiger partial charge on any atom is -0.349 e. The van der Waals surface area contributed by atoms with E-state index in [1.165, 1.54) is 0 Å². The topological polar surface area (TPSA) is 110 Å². The van der Waals surface area contributed by atoms with Gasteiger partial charge in [-0.1, -0.05) is 26.0 Å². The van der Waals surface area contributed by atoms with Crippen LogP contribution in [0.3, 0.4) is 0 Å². The van der Waals surface area contributed by atoms with Crippen molar-refractivity contribution in [2.75, 3.05) is 6.54 Å². The number of nitrogens with two attached hydrogens (primary N) is 1. The number of carbonyl (C=O) groups is 1. The number of aromatic amines is 1. The van der Waals surface area contributed by atoms with Gasteiger partial charge in [-0.3, -0.25) is 4.79 Å². The van der Waals surface area contributed by atoms with Crippen LogP contribution in [-0.2, 0) is 11.3 Å². The molecule has 19 heavy (non-hydrogen) atoms. The fourth-order valence-electron chi connectivity index (χ4n) is 2.04. The van der Waals surface area contributed by atoms with Gasteiger partial charge >= 0.3 is 0 Å². The summed E-state index contributed by atoms with van der Waals surface area (Å²) in [6.45, 7) is 7.53. The number of rotatable bonds is 7. The SMILES string of the molecule is CC(C)(C)C(CCN)CCC(=O)NCc1nn[nH]n1. The Balaban J connectivity index is 2.31. The van der Waals surface area contributed by atoms with E-state index in [4.69, 9.17) is 5.73 Å². The van der Waals surface area contributed by atoms with Crippen molar-refractivity contribution in [3.05, 3.63) is 5.82 Å². The van der Waals surface area contributed by atoms with E-state index in [9.17, 15) is 4.79 Å². The molecular weight excluding hydrogens is 244 g/mol. The van der Waals surface area contributed by atoms with Crippen molar-refractivity contribution in [2.45, 2.75) is 46.6 Å². The molecular formula is C12H24N6O. The molecule has 108 valence electrons. The summed E-state index contributed by atoms with van der Waals surface area (Å²) in [5.74, 6) is 0.951. The molecule has 0 bridgehead atoms. The Hall–Kier alpha value is -1.50. The highest BCUT2D eigenvalue weighted by atomic mass is 16.1. The van der Waals surface area contributed by atoms with Gasteiger partial charge in [0, 0.05) is 6.42 Å². The van der Waals surface area contributed by atoms with E-state index >= 15 is 0 Å². The van der Waals surface area contributed by atoms with Crippen LogP contribution in [0.25, 0.3) is 0 Å². The Bertz CT molecular complexity index is 370. The van der Waals surface area contributed by atoms with Crippen molar-refractivity contribution in [1.29, 1.82) is 0 Å². The minimum atomic E-state index is 0.0103. The second-order valence-corrected chi connectivity index (χ2v) is 5.78. The van der Waals surface area contributed by atoms with Crippen molar-refractivity contribution < 1.29 is 4.79 Å². The average molecular weight is 268 g/mol. The quantitative estimate of drug-likeness (QED) is 0.671. The summed E-state index contributed by atoms with van der Waals surface area (Å²) in [6.07, 6.45) is 2.29. The highest BCUT2D eigenvalue weighted by molar-refractivity contribution is 5.75. The standard InChI is InChI=1S/C12H24N6O/c1-12(2,3)9(6-7-13)4-5-11(19)14-8-10-15-17-18-16-10/h9H,4-8,13H2,1-3H3,(H,14,19)(H,15,16,17,18). The van der Waals surface area contributed by atoms with E-state index in [1.807, 2.05) is 0 Å². The van der Waals surface area contributed by atoms with Crippen LogP contribution in [0.5, 0.6) is 0 Å². The molecule has 0 aromatic carbocycles. The first-order chi connectivity index (χ1) is 8.93. The number of nitrogens with one attached hydrogen (secondary N) is 2. The van der Waals surface area contributed by atoms with E-state index in [-0.39, 0.29) is 11.3 Å². The molecule has 1 rings (SSSR count). The van der Waals surface area contributed by atoms with Crippen LogP contribution in [0.1, 0.15) is 45.9 Å². The predicted molar refractivity (Wildman–Crippen MR) is 71.9 cm³/mol. The predicted octanol–water partition coefficient (Wildman–Crippen LogP) is 0.607. The number of tetrazole rings is 1. The van der Waals surface area contributed by atoms with Gasteiger partial charge in [0.2, 0.25) is 5.91 Å². The lowest BCUT2D eigenvalue weighted by atomic mass is 9.76. The molecule has 0 aliphatic rings. The summed E-state index contributed by atoms with van der Waals surface area (Å²) < 4.78 is 0. The average Bonchev–Trinajstić information content (AvgIpc) is 2.83. The Kier molecular flexibility index (Phi) is 5.88. The molecule has 0 aliphatic heterocycles. The lowest BCUT2D eigenvalue weighted by Gasteiger charge is -2.30. The molecule has 0 radical (unpaired) electrons. The van der Waals surface area contributed by atoms with E-state index in [2.05, 4.69) is 46.7 Å². The van der Waals surface area contributed by atoms with Crippen LogP contribution in [0.4, 0.5) is 0 Å². The van der Waals surface area contributed by atoms with Gasteiger partial charge in [0.15, 0.2) is 5.82 Å². The lowest BCUT2D eigenvalue weighted by Crippen LogP contribution is -2.28. The number of hydrogen-bond acceptors (Lipinski definition) is 5. The van der Waals surface area contributed by atoms with Crippen molar-refractivity contribution >= 4 is 5.91 Å². The van der Waals surface area contributed by atoms with Gasteiger partial charge < -0.3 is 11.1 Å². The second-order valence-electron chi connectivity index (χ2n) is 5.78. The normalized spacial score (nSPS) is 13.3. The number of aromatic nitrogens is 4. The molecule has 7 heteroatoms. The summed E-state index contributed by atoms with van der Waals surface area (Å²) in [4.78, 5) is 11.7. The third-order valence-electron chi connectivity index (χ3n) is 3.29. The zero-order valence-electron chi connectivity index (χ0n) is 11.9. The number of amides is 1. The molecule has 0 fully saturated rings. The minimum absolute atomic E-state index is 0.0103. The third kappa shape index (κ3) is 5.78. The Morgan fingerprint density at radius 2 is 2.16 bits per heavy atom. The first kappa shape index (κ1) is 15.6. The summed E-state index contributed by atoms with van der Waals surface area (Å²) >= 11 is 0. The Labute approximate surface area is 113 Å². The number of hydrogen-bond donors (Lipinski definition) is 3. The highest BCUT2D eigenvalue weighted by Crippen LogP contribution is 2.31. The summed E-state index contributed by atoms with van der Waals surface area (Å²) in [6, 6.07) is 0. The highest BCUT2D eigenvalue weighted by Gasteiger charge is 2.24. The molecule has 1 heterocycles. The first-order valence-electron chi connectivity index (χ1n) is 6.62. The van der Waals surface area contributed by atoms with Crippen molar-refractivity contribution in [3.8, 4) is 0 Å². The van der Waals surface area contributed by atoms with Gasteiger partial charge in [-0.2, -0.15) is 5.21 Å². The second kappa shape index (κ2) is 7.18. The molecule has 1 aromatic heterocycles. The van der Waals surface area contributed by atoms with Crippen LogP contribution >= 0.6 is 0 Å². The molecule has 0 spiro atoms. The third-order valence-corrected chi connectivity index (χ3v) is 3.29. The largest absolute Gasteiger partial charge is 0.349 e. The molecule has 1 atom stereocenters. The first-order valence-corrected chi connectivity index (χ1v) is 6.62. The molecule has 7 nitrogen and oxygen atoms in total. The molecule has 1 aromatic rings. The van der Waals surface area contributed by atoms with Crippen LogP contribution in [0.15, 0.2) is 0 Å². The summed E-state index contributed by atoms with van der Waals surface area (Å²) in [7, 11) is 0. The molecule has 0 saturated carbocycles. The Morgan fingerprint density at radius 1 is 1.42 bits per heavy atom. The zero-order valence-corrected chi connectivity index (χ0v) is 11.9. The molecule has 1 unspecified atom stereocenters. The number of nitrogens with zero attached hydrogens (tertiary/aromatic N) is 3. The van der Waals surface area contributed by atoms with Gasteiger partial charge in [0.05, 0.1) is 6.54 Å². The van der Waals surface area contributed by atoms with Gasteiger partial charge in [-0.15, -0.1) is 10.2 Å². The molecule has 4 N–H and O–H groups in total. The van der Waals surface area contributed by atoms with Crippen molar-refractivity contribution in [1.82, 2.24) is 25.9 Å². The Morgan fingerprint density at radius 3 is 2.68 bits per heavy atom. The van der Waals surface area contributed by atoms with Crippen LogP contribution in [0, 0.1) is 11.3 Å². The zero-order chi connectivity index (χ0) is 14.3. The lowest BCUT2D eigenvalue weighted by molar-refractivity contribution is -0.121. The monoisotopic (exact) mass is 268 g/mol. The van der Waals surface area contributed by atoms with E-state index in [0.29, 0.717) is 31.3 Å². The van der Waals surface area contributed by atoms with Crippen molar-refractivity contribution in [3.63, 3.8) is 0 Å². The molecule has 1 amide bonds. The summed E-state index contributed by atoms with van der Waals surface area (Å²) in [5, 5.41) is 16.1. The van der Waals surface area contributed by atoms with Gasteiger partial charge in [-0.25, -0.2) is 0 Å². The fraction of sp³-hybridized carbons (Fsp3) is 0.833. The molecule has 0 aliphatic carbocycles. The van der Waals surface area contributed by atoms with E-state index < -0.39 is 0 Å². The van der Waals surface area contributed by atoms with Crippen molar-refractivity contribution in [2.24, 2.45) is 17.1 Å². The smallest absolute Gasteiger partial charge is 0.220 e.